The van der Waals surface area contributed by atoms with E-state index >= 15 is 0 Å². The van der Waals surface area contributed by atoms with Gasteiger partial charge in [0.25, 0.3) is 5.91 Å². The lowest BCUT2D eigenvalue weighted by Gasteiger charge is -2.52. The summed E-state index contributed by atoms with van der Waals surface area (Å²) < 4.78 is 47.8. The molecule has 4 amide bonds. The summed E-state index contributed by atoms with van der Waals surface area (Å²) in [6.07, 6.45) is 11.8. The van der Waals surface area contributed by atoms with Gasteiger partial charge >= 0.3 is 11.9 Å². The first-order chi connectivity index (χ1) is 45.1. The summed E-state index contributed by atoms with van der Waals surface area (Å²) in [4.78, 5) is 93.3. The highest BCUT2D eigenvalue weighted by atomic mass is 35.5. The number of aromatic nitrogens is 2. The number of likely N-dealkylation sites (tertiary alicyclic amines) is 2. The van der Waals surface area contributed by atoms with E-state index in [4.69, 9.17) is 49.5 Å². The third-order valence-electron chi connectivity index (χ3n) is 19.3. The molecule has 3 saturated heterocycles. The lowest BCUT2D eigenvalue weighted by Crippen LogP contribution is -2.58. The van der Waals surface area contributed by atoms with E-state index in [1.807, 2.05) is 43.3 Å². The van der Waals surface area contributed by atoms with Crippen molar-refractivity contribution < 1.29 is 66.7 Å². The van der Waals surface area contributed by atoms with Crippen LogP contribution in [0.4, 0.5) is 0 Å². The number of nitrogens with one attached hydrogen (secondary N) is 3. The molecular weight excluding hydrogens is 1230 g/mol. The molecule has 4 fully saturated rings. The number of unbranched alkanes of at least 4 members (excludes halogenated alkanes) is 5. The number of carbonyl (C=O) groups excluding carboxylic acids is 6. The Hall–Kier alpha value is -7.50. The monoisotopic (exact) mass is 1320 g/mol. The first kappa shape index (κ1) is 66.9. The number of rotatable bonds is 28. The molecule has 6 atom stereocenters. The van der Waals surface area contributed by atoms with Crippen LogP contribution in [0.2, 0.25) is 5.02 Å². The quantitative estimate of drug-likeness (QED) is 0.0235. The molecule has 5 aliphatic rings. The molecule has 0 bridgehead atoms. The molecule has 1 saturated carbocycles. The van der Waals surface area contributed by atoms with E-state index in [1.165, 1.54) is 57.3 Å². The molecule has 11 rings (SSSR count). The van der Waals surface area contributed by atoms with Crippen LogP contribution < -0.4 is 34.3 Å². The van der Waals surface area contributed by atoms with Crippen LogP contribution in [-0.2, 0) is 51.1 Å². The van der Waals surface area contributed by atoms with Crippen LogP contribution in [0.1, 0.15) is 128 Å². The van der Waals surface area contributed by atoms with Crippen LogP contribution in [-0.4, -0.2) is 167 Å². The molecule has 3 N–H and O–H groups in total. The number of H-pyrrole nitrogens is 1. The van der Waals surface area contributed by atoms with Crippen LogP contribution in [0, 0.1) is 24.7 Å². The molecule has 93 heavy (non-hydrogen) atoms. The summed E-state index contributed by atoms with van der Waals surface area (Å²) in [5.74, 6) is 0.264. The number of benzene rings is 3. The predicted octanol–water partition coefficient (Wildman–Crippen LogP) is 10.3. The third-order valence-corrected chi connectivity index (χ3v) is 20.7. The van der Waals surface area contributed by atoms with Gasteiger partial charge in [-0.2, -0.15) is 0 Å². The lowest BCUT2D eigenvalue weighted by atomic mass is 9.63. The van der Waals surface area contributed by atoms with Crippen molar-refractivity contribution in [1.29, 1.82) is 0 Å². The maximum absolute atomic E-state index is 13.8. The van der Waals surface area contributed by atoms with Crippen molar-refractivity contribution in [2.24, 2.45) is 17.8 Å². The van der Waals surface area contributed by atoms with Gasteiger partial charge < -0.3 is 58.4 Å². The Morgan fingerprint density at radius 3 is 2.24 bits per heavy atom. The van der Waals surface area contributed by atoms with E-state index in [1.54, 1.807) is 18.3 Å². The topological polar surface area (TPSA) is 239 Å². The number of fused-ring (bicyclic) bond motifs is 7. The molecule has 0 spiro atoms. The molecule has 23 heteroatoms. The van der Waals surface area contributed by atoms with Gasteiger partial charge in [-0.25, -0.2) is 4.79 Å². The zero-order valence-corrected chi connectivity index (χ0v) is 55.6. The molecular formula is C70H86ClN7O14S. The van der Waals surface area contributed by atoms with Crippen LogP contribution in [0.5, 0.6) is 28.7 Å². The predicted molar refractivity (Wildman–Crippen MR) is 352 cm³/mol. The number of hydrogen-bond acceptors (Lipinski definition) is 18. The van der Waals surface area contributed by atoms with E-state index in [-0.39, 0.29) is 79.2 Å². The Bertz CT molecular complexity index is 3660. The van der Waals surface area contributed by atoms with Gasteiger partial charge in [-0.05, 0) is 136 Å². The minimum absolute atomic E-state index is 0.0105. The Kier molecular flexibility index (Phi) is 22.1. The van der Waals surface area contributed by atoms with E-state index in [9.17, 15) is 28.8 Å². The Morgan fingerprint density at radius 2 is 1.51 bits per heavy atom. The fourth-order valence-corrected chi connectivity index (χ4v) is 16.0. The van der Waals surface area contributed by atoms with Crippen LogP contribution in [0.15, 0.2) is 60.8 Å². The van der Waals surface area contributed by atoms with Gasteiger partial charge in [-0.3, -0.25) is 38.8 Å². The molecule has 1 aliphatic carbocycles. The molecule has 4 aliphatic heterocycles. The smallest absolute Gasteiger partial charge is 0.338 e. The molecule has 3 aromatic carbocycles. The standard InChI is InChI=1S/C70H86ClN7O14S/c1-41-30-44(71)34-52(50-19-25-72-54-36-47(93-68(50)54)39-78-61(81)17-18-62(78)82)65(41)91-45-20-27-76(28-21-45)26-13-24-73-59(79)14-11-9-7-8-10-12-23-74-60(80)40-90-46-15-16-48-49-22-29-77-38-43-33-58(92-69(83)42-31-56(85-2)66(87-4)57(32-42)86-3)67(88-5)63(70(84)89-6)51(43)37-55(77)64(49)75-53(48)35-46/h15-16,19,25,30-32,34-36,43,45,51,55,58,63,67,75H,7-14,17-18,20-24,26-29,33,37-40H2,1-6H3,(H,73,79)(H,74,80)/t43?,51-,55+,58+,63-,67-/m0/s1. The molecule has 3 aromatic heterocycles. The van der Waals surface area contributed by atoms with Gasteiger partial charge in [0.05, 0.1) is 62.7 Å². The van der Waals surface area contributed by atoms with Crippen molar-refractivity contribution in [2.45, 2.75) is 134 Å². The summed E-state index contributed by atoms with van der Waals surface area (Å²) in [5, 5.41) is 7.84. The van der Waals surface area contributed by atoms with Crippen molar-refractivity contribution in [3.63, 3.8) is 0 Å². The molecule has 0 radical (unpaired) electrons. The second kappa shape index (κ2) is 30.7. The summed E-state index contributed by atoms with van der Waals surface area (Å²) in [6, 6.07) is 16.8. The maximum atomic E-state index is 13.8. The highest BCUT2D eigenvalue weighted by Crippen LogP contribution is 2.51. The van der Waals surface area contributed by atoms with Crippen molar-refractivity contribution >= 4 is 79.6 Å². The molecule has 1 unspecified atom stereocenters. The zero-order chi connectivity index (χ0) is 65.3. The highest BCUT2D eigenvalue weighted by Gasteiger charge is 2.55. The fourth-order valence-electron chi connectivity index (χ4n) is 14.6. The van der Waals surface area contributed by atoms with Crippen molar-refractivity contribution in [2.75, 3.05) is 88.0 Å². The number of esters is 2. The van der Waals surface area contributed by atoms with Crippen LogP contribution in [0.3, 0.4) is 0 Å². The molecule has 498 valence electrons. The number of imide groups is 1. The highest BCUT2D eigenvalue weighted by molar-refractivity contribution is 7.19. The van der Waals surface area contributed by atoms with Gasteiger partial charge in [0.2, 0.25) is 23.5 Å². The number of carbonyl (C=O) groups is 6. The number of amides is 4. The maximum Gasteiger partial charge on any atom is 0.338 e. The summed E-state index contributed by atoms with van der Waals surface area (Å²) in [6.45, 7) is 7.61. The van der Waals surface area contributed by atoms with Gasteiger partial charge in [0, 0.05) is 116 Å². The van der Waals surface area contributed by atoms with E-state index in [0.29, 0.717) is 66.9 Å². The number of thiophene rings is 1. The van der Waals surface area contributed by atoms with Crippen molar-refractivity contribution in [3.8, 4) is 39.9 Å². The SMILES string of the molecule is COC(=O)[C@@H]1[C@@H](OC)[C@H](OC(=O)c2cc(OC)c(OC)c(OC)c2)CC2CN3CCc4c([nH]c5cc(OCC(=O)NCCCCCCCCC(=O)NCCCN6CCC(Oc7c(C)cc(Cl)cc7-c7ccnc8cc(CN9C(=O)CCC9=O)sc78)CC6)ccc45)[C@H]3C[C@@H]21. The normalized spacial score (nSPS) is 20.8. The summed E-state index contributed by atoms with van der Waals surface area (Å²) in [7, 11) is 7.37. The van der Waals surface area contributed by atoms with Crippen LogP contribution in [0.25, 0.3) is 32.2 Å². The van der Waals surface area contributed by atoms with E-state index in [0.717, 1.165) is 145 Å². The molecule has 6 aromatic rings. The minimum atomic E-state index is -0.741. The van der Waals surface area contributed by atoms with E-state index in [2.05, 4.69) is 36.5 Å². The fraction of sp³-hybridized carbons (Fsp3) is 0.529. The Labute approximate surface area is 551 Å². The Morgan fingerprint density at radius 1 is 0.774 bits per heavy atom. The number of halogens is 1. The van der Waals surface area contributed by atoms with Crippen molar-refractivity contribution in [1.82, 2.24) is 35.3 Å². The minimum Gasteiger partial charge on any atom is -0.493 e. The second-order valence-electron chi connectivity index (χ2n) is 25.1. The Balaban J connectivity index is 0.555. The third kappa shape index (κ3) is 15.4. The number of aryl methyl sites for hydroxylation is 1. The van der Waals surface area contributed by atoms with Gasteiger partial charge in [0.1, 0.15) is 29.8 Å². The number of piperidine rings is 2. The van der Waals surface area contributed by atoms with Crippen LogP contribution >= 0.6 is 22.9 Å². The number of nitrogens with zero attached hydrogens (tertiary/aromatic N) is 4. The average Bonchev–Trinajstić information content (AvgIpc) is 1.71. The summed E-state index contributed by atoms with van der Waals surface area (Å²) in [5.41, 5.74) is 7.09. The van der Waals surface area contributed by atoms with Gasteiger partial charge in [-0.1, -0.05) is 37.3 Å². The van der Waals surface area contributed by atoms with Gasteiger partial charge in [0.15, 0.2) is 18.1 Å². The first-order valence-corrected chi connectivity index (χ1v) is 33.9. The largest absolute Gasteiger partial charge is 0.493 e. The number of pyridine rings is 1. The number of methoxy groups -OCH3 is 5. The molecule has 7 heterocycles. The second-order valence-corrected chi connectivity index (χ2v) is 26.7. The lowest BCUT2D eigenvalue weighted by molar-refractivity contribution is -0.176. The van der Waals surface area contributed by atoms with E-state index < -0.39 is 30.1 Å². The number of ether oxygens (including phenoxy) is 8. The molecule has 21 nitrogen and oxygen atoms in total. The first-order valence-electron chi connectivity index (χ1n) is 32.7. The van der Waals surface area contributed by atoms with Gasteiger partial charge in [-0.15, -0.1) is 11.3 Å². The summed E-state index contributed by atoms with van der Waals surface area (Å²) >= 11 is 8.19. The van der Waals surface area contributed by atoms with Crippen molar-refractivity contribution in [3.05, 3.63) is 93.1 Å². The average molecular weight is 1320 g/mol. The number of hydrogen-bond donors (Lipinski definition) is 3. The zero-order valence-electron chi connectivity index (χ0n) is 54.1. The number of aromatic amines is 1.